The summed E-state index contributed by atoms with van der Waals surface area (Å²) in [7, 11) is 0. The molecular weight excluding hydrogens is 817 g/mol. The first-order valence-corrected chi connectivity index (χ1v) is 23.1. The molecule has 2 aliphatic heterocycles. The zero-order valence-electron chi connectivity index (χ0n) is 36.9. The van der Waals surface area contributed by atoms with Crippen LogP contribution in [-0.2, 0) is 19.2 Å². The quantitative estimate of drug-likeness (QED) is 0.0602. The Kier molecular flexibility index (Phi) is 14.3. The van der Waals surface area contributed by atoms with Crippen LogP contribution >= 0.6 is 11.3 Å². The number of aromatic nitrogens is 4. The summed E-state index contributed by atoms with van der Waals surface area (Å²) in [5.41, 5.74) is 7.08. The second kappa shape index (κ2) is 19.8. The summed E-state index contributed by atoms with van der Waals surface area (Å²) >= 11 is 1.58. The predicted molar refractivity (Wildman–Crippen MR) is 244 cm³/mol. The maximum absolute atomic E-state index is 14.1. The summed E-state index contributed by atoms with van der Waals surface area (Å²) in [6.07, 6.45) is 5.27. The maximum atomic E-state index is 14.1. The number of benzene rings is 2. The number of carbonyl (C=O) groups excluding carboxylic acids is 4. The highest BCUT2D eigenvalue weighted by Crippen LogP contribution is 2.33. The number of carbonyl (C=O) groups is 4. The van der Waals surface area contributed by atoms with Gasteiger partial charge in [-0.15, -0.1) is 21.5 Å². The maximum Gasteiger partial charge on any atom is 0.246 e. The van der Waals surface area contributed by atoms with Crippen LogP contribution in [0.3, 0.4) is 0 Å². The minimum absolute atomic E-state index is 0.0200. The van der Waals surface area contributed by atoms with Crippen molar-refractivity contribution in [1.29, 1.82) is 0 Å². The summed E-state index contributed by atoms with van der Waals surface area (Å²) in [5, 5.41) is 36.4. The molecule has 0 bridgehead atoms. The van der Waals surface area contributed by atoms with E-state index in [0.29, 0.717) is 42.8 Å². The molecule has 4 amide bonds. The molecule has 4 atom stereocenters. The van der Waals surface area contributed by atoms with Gasteiger partial charge in [0.15, 0.2) is 5.65 Å². The monoisotopic (exact) mass is 876 g/mol. The highest BCUT2D eigenvalue weighted by molar-refractivity contribution is 7.13. The number of aromatic amines is 1. The minimum atomic E-state index is -0.869. The van der Waals surface area contributed by atoms with Crippen LogP contribution in [0.15, 0.2) is 66.2 Å². The fraction of sp³-hybridized carbons (Fsp3) is 0.479. The molecule has 0 saturated carbocycles. The summed E-state index contributed by atoms with van der Waals surface area (Å²) < 4.78 is 0. The third-order valence-corrected chi connectivity index (χ3v) is 13.3. The number of phenols is 1. The number of hydrogen-bond acceptors (Lipinski definition) is 10. The predicted octanol–water partition coefficient (Wildman–Crippen LogP) is 7.18. The van der Waals surface area contributed by atoms with E-state index in [2.05, 4.69) is 36.9 Å². The number of aliphatic hydroxyl groups is 1. The number of aryl methyl sites for hydroxylation is 1. The van der Waals surface area contributed by atoms with E-state index in [1.165, 1.54) is 4.90 Å². The molecule has 7 rings (SSSR count). The van der Waals surface area contributed by atoms with Crippen LogP contribution < -0.4 is 10.6 Å². The SMILES string of the molecule is Cc1ncsc1-c1ccc([C@H](C)NC(=O)[C@@H]2C[C@@H](O)CN2C(=O)C(NC(=O)CCCCCCCCC(=O)N2CC(c3cc4cc(-c5ccccc5O)nnc4[nH]3)C2)C(C)(C)C)cc1. The van der Waals surface area contributed by atoms with Gasteiger partial charge in [0.1, 0.15) is 17.8 Å². The van der Waals surface area contributed by atoms with Crippen LogP contribution in [0.4, 0.5) is 0 Å². The molecule has 14 nitrogen and oxygen atoms in total. The van der Waals surface area contributed by atoms with Gasteiger partial charge < -0.3 is 35.6 Å². The van der Waals surface area contributed by atoms with Crippen LogP contribution in [-0.4, -0.2) is 102 Å². The Morgan fingerprint density at radius 1 is 0.905 bits per heavy atom. The molecule has 5 N–H and O–H groups in total. The van der Waals surface area contributed by atoms with E-state index in [9.17, 15) is 29.4 Å². The standard InChI is InChI=1S/C48H60N8O6S/c1-29(31-18-20-32(21-19-31)43-30(2)49-28-63-43)50-46(61)39-24-35(57)27-56(39)47(62)44(48(3,4)5)52-41(59)16-10-8-6-7-9-11-17-42(60)55-25-34(26-55)37-22-33-23-38(53-54-45(33)51-37)36-14-12-13-15-40(36)58/h12-15,18-23,28-29,34-35,39,44,57-58H,6-11,16-17,24-27H2,1-5H3,(H,50,61)(H,51,54)(H,52,59)/t29-,35+,39-,44?/m0/s1. The van der Waals surface area contributed by atoms with Crippen molar-refractivity contribution < 1.29 is 29.4 Å². The van der Waals surface area contributed by atoms with Gasteiger partial charge in [0.2, 0.25) is 23.6 Å². The number of nitrogens with zero attached hydrogens (tertiary/aromatic N) is 5. The van der Waals surface area contributed by atoms with Crippen molar-refractivity contribution in [1.82, 2.24) is 40.6 Å². The number of aromatic hydroxyl groups is 1. The molecule has 5 heterocycles. The molecule has 0 radical (unpaired) electrons. The molecule has 3 aromatic heterocycles. The van der Waals surface area contributed by atoms with Gasteiger partial charge in [-0.1, -0.05) is 82.9 Å². The van der Waals surface area contributed by atoms with Gasteiger partial charge >= 0.3 is 0 Å². The van der Waals surface area contributed by atoms with Crippen LogP contribution in [0.5, 0.6) is 5.75 Å². The summed E-state index contributed by atoms with van der Waals surface area (Å²) in [6, 6.07) is 16.9. The van der Waals surface area contributed by atoms with Gasteiger partial charge in [-0.3, -0.25) is 19.2 Å². The largest absolute Gasteiger partial charge is 0.507 e. The minimum Gasteiger partial charge on any atom is -0.507 e. The Morgan fingerprint density at radius 3 is 2.29 bits per heavy atom. The average molecular weight is 877 g/mol. The van der Waals surface area contributed by atoms with E-state index in [-0.39, 0.29) is 60.7 Å². The lowest BCUT2D eigenvalue weighted by Crippen LogP contribution is -2.57. The van der Waals surface area contributed by atoms with Gasteiger partial charge in [0.25, 0.3) is 0 Å². The Labute approximate surface area is 372 Å². The van der Waals surface area contributed by atoms with E-state index < -0.39 is 23.6 Å². The number of phenolic OH excluding ortho intramolecular Hbond substituents is 1. The first kappa shape index (κ1) is 45.4. The van der Waals surface area contributed by atoms with Crippen molar-refractivity contribution >= 4 is 46.0 Å². The fourth-order valence-corrected chi connectivity index (χ4v) is 9.36. The third-order valence-electron chi connectivity index (χ3n) is 12.4. The highest BCUT2D eigenvalue weighted by Gasteiger charge is 2.44. The number of rotatable bonds is 17. The zero-order valence-corrected chi connectivity index (χ0v) is 37.7. The van der Waals surface area contributed by atoms with E-state index in [1.54, 1.807) is 23.5 Å². The number of amides is 4. The number of β-amino-alcohol motifs (C(OH)–C–C–N with tert-alkyl or cyclic N) is 1. The smallest absolute Gasteiger partial charge is 0.246 e. The lowest BCUT2D eigenvalue weighted by molar-refractivity contribution is -0.144. The Hall–Kier alpha value is -5.67. The number of thiazole rings is 1. The third kappa shape index (κ3) is 10.9. The summed E-state index contributed by atoms with van der Waals surface area (Å²) in [5.74, 6) is -0.398. The summed E-state index contributed by atoms with van der Waals surface area (Å²) in [4.78, 5) is 65.9. The van der Waals surface area contributed by atoms with Crippen molar-refractivity contribution in [2.45, 2.75) is 123 Å². The molecule has 2 aromatic carbocycles. The topological polar surface area (TPSA) is 194 Å². The molecule has 334 valence electrons. The Bertz CT molecular complexity index is 2400. The lowest BCUT2D eigenvalue weighted by Gasteiger charge is -2.39. The van der Waals surface area contributed by atoms with Crippen LogP contribution in [0.25, 0.3) is 32.7 Å². The van der Waals surface area contributed by atoms with Gasteiger partial charge in [-0.05, 0) is 67.5 Å². The molecule has 2 saturated heterocycles. The normalized spacial score (nSPS) is 17.7. The van der Waals surface area contributed by atoms with Crippen molar-refractivity contribution in [3.63, 3.8) is 0 Å². The fourth-order valence-electron chi connectivity index (χ4n) is 8.55. The number of aliphatic hydroxyl groups excluding tert-OH is 1. The van der Waals surface area contributed by atoms with Gasteiger partial charge in [0, 0.05) is 61.5 Å². The molecule has 63 heavy (non-hydrogen) atoms. The molecule has 0 aliphatic carbocycles. The summed E-state index contributed by atoms with van der Waals surface area (Å²) in [6.45, 7) is 10.9. The molecular formula is C48H60N8O6S. The van der Waals surface area contributed by atoms with E-state index in [4.69, 9.17) is 0 Å². The zero-order chi connectivity index (χ0) is 44.8. The van der Waals surface area contributed by atoms with Gasteiger partial charge in [-0.25, -0.2) is 4.98 Å². The number of nitrogens with one attached hydrogen (secondary N) is 3. The highest BCUT2D eigenvalue weighted by atomic mass is 32.1. The van der Waals surface area contributed by atoms with Crippen LogP contribution in [0.1, 0.15) is 114 Å². The molecule has 5 aromatic rings. The Morgan fingerprint density at radius 2 is 1.60 bits per heavy atom. The number of para-hydroxylation sites is 1. The van der Waals surface area contributed by atoms with Crippen molar-refractivity contribution in [2.75, 3.05) is 19.6 Å². The van der Waals surface area contributed by atoms with E-state index in [0.717, 1.165) is 64.9 Å². The molecule has 2 aliphatic rings. The molecule has 0 spiro atoms. The lowest BCUT2D eigenvalue weighted by atomic mass is 9.85. The second-order valence-electron chi connectivity index (χ2n) is 18.3. The van der Waals surface area contributed by atoms with Crippen molar-refractivity contribution in [3.8, 4) is 27.4 Å². The first-order chi connectivity index (χ1) is 30.2. The number of H-pyrrole nitrogens is 1. The van der Waals surface area contributed by atoms with E-state index >= 15 is 0 Å². The average Bonchev–Trinajstić information content (AvgIpc) is 3.97. The van der Waals surface area contributed by atoms with Crippen molar-refractivity contribution in [3.05, 3.63) is 83.1 Å². The van der Waals surface area contributed by atoms with Crippen molar-refractivity contribution in [2.24, 2.45) is 5.41 Å². The van der Waals surface area contributed by atoms with E-state index in [1.807, 2.05) is 87.5 Å². The molecule has 2 fully saturated rings. The number of fused-ring (bicyclic) bond motifs is 1. The first-order valence-electron chi connectivity index (χ1n) is 22.2. The Balaban J connectivity index is 0.793. The molecule has 15 heteroatoms. The van der Waals surface area contributed by atoms with Crippen LogP contribution in [0, 0.1) is 12.3 Å². The number of hydrogen-bond donors (Lipinski definition) is 5. The van der Waals surface area contributed by atoms with Gasteiger partial charge in [-0.2, -0.15) is 0 Å². The van der Waals surface area contributed by atoms with Crippen LogP contribution in [0.2, 0.25) is 0 Å². The number of likely N-dealkylation sites (tertiary alicyclic amines) is 2. The molecule has 1 unspecified atom stereocenters. The second-order valence-corrected chi connectivity index (χ2v) is 19.1. The number of unbranched alkanes of at least 4 members (excludes halogenated alkanes) is 5. The van der Waals surface area contributed by atoms with Gasteiger partial charge in [0.05, 0.1) is 33.9 Å².